The lowest BCUT2D eigenvalue weighted by Gasteiger charge is -2.25. The number of rotatable bonds is 4. The van der Waals surface area contributed by atoms with Gasteiger partial charge in [0.1, 0.15) is 5.82 Å². The highest BCUT2D eigenvalue weighted by molar-refractivity contribution is 6.00. The first-order valence-electron chi connectivity index (χ1n) is 8.59. The van der Waals surface area contributed by atoms with Gasteiger partial charge in [-0.25, -0.2) is 4.98 Å². The molecule has 1 unspecified atom stereocenters. The number of aromatic amines is 2. The van der Waals surface area contributed by atoms with Crippen LogP contribution in [0.3, 0.4) is 0 Å². The summed E-state index contributed by atoms with van der Waals surface area (Å²) in [4.78, 5) is 25.7. The number of H-pyrrole nitrogens is 2. The van der Waals surface area contributed by atoms with Crippen LogP contribution in [0, 0.1) is 0 Å². The molecule has 0 radical (unpaired) electrons. The second kappa shape index (κ2) is 6.52. The summed E-state index contributed by atoms with van der Waals surface area (Å²) in [5, 5.41) is 1.14. The highest BCUT2D eigenvalue weighted by Gasteiger charge is 2.23. The minimum atomic E-state index is -0.0837. The molecule has 2 heterocycles. The van der Waals surface area contributed by atoms with Gasteiger partial charge < -0.3 is 14.9 Å². The first-order valence-corrected chi connectivity index (χ1v) is 8.59. The summed E-state index contributed by atoms with van der Waals surface area (Å²) in [6, 6.07) is 17.7. The number of hydrogen-bond acceptors (Lipinski definition) is 2. The maximum absolute atomic E-state index is 13.2. The van der Waals surface area contributed by atoms with Gasteiger partial charge in [0.2, 0.25) is 0 Å². The fraction of sp³-hybridized carbons (Fsp3) is 0.143. The van der Waals surface area contributed by atoms with Crippen LogP contribution in [0.25, 0.3) is 22.3 Å². The largest absolute Gasteiger partial charge is 0.357 e. The lowest BCUT2D eigenvalue weighted by atomic mass is 10.0. The molecule has 2 N–H and O–H groups in total. The normalized spacial score (nSPS) is 12.2. The number of carbonyl (C=O) groups is 1. The van der Waals surface area contributed by atoms with Crippen LogP contribution >= 0.6 is 0 Å². The molecule has 0 spiro atoms. The van der Waals surface area contributed by atoms with Gasteiger partial charge in [0.25, 0.3) is 5.91 Å². The predicted molar refractivity (Wildman–Crippen MR) is 103 cm³/mol. The van der Waals surface area contributed by atoms with Crippen molar-refractivity contribution in [2.75, 3.05) is 7.05 Å². The van der Waals surface area contributed by atoms with Crippen molar-refractivity contribution >= 4 is 16.8 Å². The monoisotopic (exact) mass is 344 g/mol. The lowest BCUT2D eigenvalue weighted by molar-refractivity contribution is 0.0741. The van der Waals surface area contributed by atoms with Crippen molar-refractivity contribution in [1.82, 2.24) is 19.9 Å². The number of aromatic nitrogens is 3. The minimum absolute atomic E-state index is 0.0387. The zero-order valence-corrected chi connectivity index (χ0v) is 14.7. The van der Waals surface area contributed by atoms with Crippen molar-refractivity contribution in [3.05, 3.63) is 78.2 Å². The first kappa shape index (κ1) is 16.1. The molecule has 0 saturated carbocycles. The summed E-state index contributed by atoms with van der Waals surface area (Å²) in [5.74, 6) is 0.656. The van der Waals surface area contributed by atoms with Gasteiger partial charge in [-0.15, -0.1) is 0 Å². The fourth-order valence-electron chi connectivity index (χ4n) is 3.18. The molecule has 1 atom stereocenters. The van der Waals surface area contributed by atoms with Gasteiger partial charge in [0, 0.05) is 36.2 Å². The third kappa shape index (κ3) is 2.77. The molecular formula is C21H20N4O. The molecule has 2 aromatic heterocycles. The number of imidazole rings is 1. The summed E-state index contributed by atoms with van der Waals surface area (Å²) < 4.78 is 0. The number of amides is 1. The zero-order chi connectivity index (χ0) is 18.1. The third-order valence-corrected chi connectivity index (χ3v) is 4.81. The molecular weight excluding hydrogens is 324 g/mol. The topological polar surface area (TPSA) is 64.8 Å². The van der Waals surface area contributed by atoms with Crippen molar-refractivity contribution in [2.45, 2.75) is 13.0 Å². The second-order valence-electron chi connectivity index (χ2n) is 6.39. The van der Waals surface area contributed by atoms with Crippen LogP contribution in [0.2, 0.25) is 0 Å². The Morgan fingerprint density at radius 1 is 1.12 bits per heavy atom. The third-order valence-electron chi connectivity index (χ3n) is 4.81. The second-order valence-corrected chi connectivity index (χ2v) is 6.39. The molecule has 0 aliphatic carbocycles. The lowest BCUT2D eigenvalue weighted by Crippen LogP contribution is -2.30. The summed E-state index contributed by atoms with van der Waals surface area (Å²) >= 11 is 0. The number of nitrogens with zero attached hydrogens (tertiary/aromatic N) is 2. The van der Waals surface area contributed by atoms with Crippen LogP contribution < -0.4 is 0 Å². The number of nitrogens with one attached hydrogen (secondary N) is 2. The molecule has 4 rings (SSSR count). The molecule has 26 heavy (non-hydrogen) atoms. The maximum atomic E-state index is 13.2. The van der Waals surface area contributed by atoms with Crippen LogP contribution in [0.15, 0.2) is 67.0 Å². The van der Waals surface area contributed by atoms with E-state index in [4.69, 9.17) is 0 Å². The van der Waals surface area contributed by atoms with E-state index >= 15 is 0 Å². The molecule has 130 valence electrons. The number of benzene rings is 2. The van der Waals surface area contributed by atoms with Crippen molar-refractivity contribution in [3.63, 3.8) is 0 Å². The predicted octanol–water partition coefficient (Wildman–Crippen LogP) is 4.39. The smallest absolute Gasteiger partial charge is 0.254 e. The van der Waals surface area contributed by atoms with E-state index in [-0.39, 0.29) is 11.9 Å². The molecule has 0 aliphatic rings. The van der Waals surface area contributed by atoms with Gasteiger partial charge in [-0.2, -0.15) is 0 Å². The van der Waals surface area contributed by atoms with Gasteiger partial charge >= 0.3 is 0 Å². The molecule has 0 saturated heterocycles. The van der Waals surface area contributed by atoms with Crippen molar-refractivity contribution in [1.29, 1.82) is 0 Å². The number of fused-ring (bicyclic) bond motifs is 1. The minimum Gasteiger partial charge on any atom is -0.357 e. The number of para-hydroxylation sites is 1. The maximum Gasteiger partial charge on any atom is 0.254 e. The Morgan fingerprint density at radius 3 is 2.65 bits per heavy atom. The summed E-state index contributed by atoms with van der Waals surface area (Å²) in [6.07, 6.45) is 3.45. The molecule has 1 amide bonds. The molecule has 2 aromatic carbocycles. The molecule has 0 fully saturated rings. The van der Waals surface area contributed by atoms with Gasteiger partial charge in [-0.1, -0.05) is 36.4 Å². The number of carbonyl (C=O) groups excluding carboxylic acids is 1. The van der Waals surface area contributed by atoms with E-state index in [1.807, 2.05) is 56.4 Å². The number of hydrogen-bond donors (Lipinski definition) is 2. The molecule has 0 aliphatic heterocycles. The van der Waals surface area contributed by atoms with Crippen LogP contribution in [0.4, 0.5) is 0 Å². The van der Waals surface area contributed by atoms with Gasteiger partial charge in [0.15, 0.2) is 0 Å². The van der Waals surface area contributed by atoms with E-state index in [0.29, 0.717) is 11.4 Å². The fourth-order valence-corrected chi connectivity index (χ4v) is 3.18. The highest BCUT2D eigenvalue weighted by atomic mass is 16.2. The van der Waals surface area contributed by atoms with Gasteiger partial charge in [0.05, 0.1) is 11.6 Å². The van der Waals surface area contributed by atoms with Gasteiger partial charge in [-0.3, -0.25) is 4.79 Å². The van der Waals surface area contributed by atoms with Gasteiger partial charge in [-0.05, 0) is 30.5 Å². The van der Waals surface area contributed by atoms with E-state index < -0.39 is 0 Å². The summed E-state index contributed by atoms with van der Waals surface area (Å²) in [5.41, 5.74) is 3.52. The van der Waals surface area contributed by atoms with E-state index in [1.165, 1.54) is 0 Å². The Kier molecular flexibility index (Phi) is 4.05. The van der Waals surface area contributed by atoms with Crippen molar-refractivity contribution in [3.8, 4) is 11.4 Å². The van der Waals surface area contributed by atoms with Crippen molar-refractivity contribution in [2.24, 2.45) is 0 Å². The average molecular weight is 344 g/mol. The molecule has 0 bridgehead atoms. The zero-order valence-electron chi connectivity index (χ0n) is 14.7. The van der Waals surface area contributed by atoms with Crippen LogP contribution in [-0.4, -0.2) is 32.8 Å². The van der Waals surface area contributed by atoms with Crippen LogP contribution in [0.5, 0.6) is 0 Å². The summed E-state index contributed by atoms with van der Waals surface area (Å²) in [7, 11) is 1.83. The van der Waals surface area contributed by atoms with E-state index in [2.05, 4.69) is 27.1 Å². The Balaban J connectivity index is 1.66. The molecule has 5 heteroatoms. The standard InChI is InChI=1S/C21H20N4O/c1-14(19-13-15-7-3-6-10-18(15)24-19)25(2)21(26)17-9-5-4-8-16(17)20-22-11-12-23-20/h3-14,24H,1-2H3,(H,22,23). The highest BCUT2D eigenvalue weighted by Crippen LogP contribution is 2.27. The van der Waals surface area contributed by atoms with Crippen LogP contribution in [-0.2, 0) is 0 Å². The Bertz CT molecular complexity index is 1020. The average Bonchev–Trinajstić information content (AvgIpc) is 3.35. The quantitative estimate of drug-likeness (QED) is 0.576. The Morgan fingerprint density at radius 2 is 1.88 bits per heavy atom. The van der Waals surface area contributed by atoms with E-state index in [1.54, 1.807) is 17.3 Å². The SMILES string of the molecule is CC(c1cc2ccccc2[nH]1)N(C)C(=O)c1ccccc1-c1ncc[nH]1. The Labute approximate surface area is 151 Å². The first-order chi connectivity index (χ1) is 12.6. The van der Waals surface area contributed by atoms with Crippen molar-refractivity contribution < 1.29 is 4.79 Å². The van der Waals surface area contributed by atoms with E-state index in [9.17, 15) is 4.79 Å². The van der Waals surface area contributed by atoms with E-state index in [0.717, 1.165) is 22.2 Å². The Hall–Kier alpha value is -3.34. The summed E-state index contributed by atoms with van der Waals surface area (Å²) in [6.45, 7) is 2.03. The molecule has 4 aromatic rings. The van der Waals surface area contributed by atoms with Crippen LogP contribution in [0.1, 0.15) is 29.0 Å². The molecule has 5 nitrogen and oxygen atoms in total.